The average Bonchev–Trinajstić information content (AvgIpc) is 2.93. The maximum atomic E-state index is 14.0. The van der Waals surface area contributed by atoms with Crippen LogP contribution in [0.1, 0.15) is 40.7 Å². The molecule has 5 rings (SSSR count). The number of amides is 2. The Hall–Kier alpha value is -2.52. The van der Waals surface area contributed by atoms with Crippen LogP contribution >= 0.6 is 10.8 Å². The monoisotopic (exact) mass is 569 g/mol. The summed E-state index contributed by atoms with van der Waals surface area (Å²) >= 11 is 0. The molecule has 2 aliphatic rings. The van der Waals surface area contributed by atoms with Gasteiger partial charge in [0.25, 0.3) is 11.8 Å². The normalized spacial score (nSPS) is 17.8. The largest absolute Gasteiger partial charge is 1.00 e. The summed E-state index contributed by atoms with van der Waals surface area (Å²) in [5, 5.41) is 13.9. The van der Waals surface area contributed by atoms with Crippen molar-refractivity contribution in [3.05, 3.63) is 59.2 Å². The molecule has 0 radical (unpaired) electrons. The van der Waals surface area contributed by atoms with Gasteiger partial charge in [-0.25, -0.2) is 9.37 Å². The maximum absolute atomic E-state index is 14.0. The Labute approximate surface area is 249 Å². The molecule has 2 saturated heterocycles. The van der Waals surface area contributed by atoms with Crippen LogP contribution in [0.3, 0.4) is 0 Å². The number of morpholine rings is 1. The van der Waals surface area contributed by atoms with Gasteiger partial charge >= 0.3 is 29.6 Å². The van der Waals surface area contributed by atoms with Crippen LogP contribution in [-0.4, -0.2) is 79.5 Å². The SMILES string of the molecule is O=C(NCc1ccc(F)cc1C(=O)N1CCOCC1)c1nc(N2CCCCS2(O)O)c2cccnc2c1O.[H-].[Na+]. The first-order valence-corrected chi connectivity index (χ1v) is 13.9. The van der Waals surface area contributed by atoms with E-state index in [1.807, 2.05) is 0 Å². The first kappa shape index (κ1) is 29.5. The number of aromatic nitrogens is 2. The molecule has 2 fully saturated rings. The number of pyridine rings is 2. The van der Waals surface area contributed by atoms with Gasteiger partial charge in [-0.1, -0.05) is 6.07 Å². The minimum absolute atomic E-state index is 0. The van der Waals surface area contributed by atoms with Crippen LogP contribution in [0.15, 0.2) is 36.5 Å². The molecular formula is C25H29FN5NaO6S. The molecule has 0 aliphatic carbocycles. The molecule has 2 aliphatic heterocycles. The van der Waals surface area contributed by atoms with Crippen molar-refractivity contribution in [3.63, 3.8) is 0 Å². The van der Waals surface area contributed by atoms with E-state index in [9.17, 15) is 28.2 Å². The minimum atomic E-state index is -3.17. The van der Waals surface area contributed by atoms with E-state index in [-0.39, 0.29) is 71.8 Å². The van der Waals surface area contributed by atoms with Crippen molar-refractivity contribution in [3.8, 4) is 5.75 Å². The fourth-order valence-corrected chi connectivity index (χ4v) is 6.25. The summed E-state index contributed by atoms with van der Waals surface area (Å²) in [4.78, 5) is 36.4. The number of aromatic hydroxyl groups is 1. The summed E-state index contributed by atoms with van der Waals surface area (Å²) in [5.74, 6) is -1.87. The van der Waals surface area contributed by atoms with Crippen LogP contribution in [0, 0.1) is 5.82 Å². The van der Waals surface area contributed by atoms with Crippen molar-refractivity contribution in [2.45, 2.75) is 19.4 Å². The number of ether oxygens (including phenoxy) is 1. The number of benzene rings is 1. The Morgan fingerprint density at radius 2 is 1.92 bits per heavy atom. The van der Waals surface area contributed by atoms with E-state index in [4.69, 9.17) is 4.74 Å². The van der Waals surface area contributed by atoms with Crippen LogP contribution in [0.25, 0.3) is 10.9 Å². The van der Waals surface area contributed by atoms with Crippen LogP contribution in [-0.2, 0) is 11.3 Å². The van der Waals surface area contributed by atoms with Gasteiger partial charge < -0.3 is 21.5 Å². The first-order chi connectivity index (χ1) is 18.3. The van der Waals surface area contributed by atoms with Gasteiger partial charge in [-0.2, -0.15) is 0 Å². The van der Waals surface area contributed by atoms with Crippen molar-refractivity contribution >= 4 is 39.3 Å². The van der Waals surface area contributed by atoms with E-state index in [2.05, 4.69) is 15.3 Å². The van der Waals surface area contributed by atoms with E-state index in [0.29, 0.717) is 56.6 Å². The summed E-state index contributed by atoms with van der Waals surface area (Å²) in [6, 6.07) is 7.02. The third-order valence-electron chi connectivity index (χ3n) is 6.59. The Kier molecular flexibility index (Phi) is 9.32. The molecule has 0 bridgehead atoms. The molecule has 0 spiro atoms. The number of hydrogen-bond donors (Lipinski definition) is 4. The second-order valence-corrected chi connectivity index (χ2v) is 11.2. The fourth-order valence-electron chi connectivity index (χ4n) is 4.60. The Bertz CT molecular complexity index is 1400. The molecule has 204 valence electrons. The quantitative estimate of drug-likeness (QED) is 0.318. The van der Waals surface area contributed by atoms with Crippen molar-refractivity contribution in [1.29, 1.82) is 0 Å². The van der Waals surface area contributed by atoms with Gasteiger partial charge in [0, 0.05) is 43.3 Å². The maximum Gasteiger partial charge on any atom is 1.00 e. The smallest absolute Gasteiger partial charge is 1.00 e. The molecule has 39 heavy (non-hydrogen) atoms. The predicted octanol–water partition coefficient (Wildman–Crippen LogP) is 0.259. The molecule has 1 aromatic carbocycles. The van der Waals surface area contributed by atoms with Crippen LogP contribution in [0.2, 0.25) is 0 Å². The summed E-state index contributed by atoms with van der Waals surface area (Å²) < 4.78 is 42.1. The minimum Gasteiger partial charge on any atom is -1.00 e. The van der Waals surface area contributed by atoms with Gasteiger partial charge in [0.15, 0.2) is 17.3 Å². The zero-order chi connectivity index (χ0) is 26.9. The standard InChI is InChI=1S/C25H28FN5O6S.Na.H/c26-17-6-5-16(19(14-17)25(34)30-9-11-37-12-10-30)15-28-24(33)21-22(32)20-18(4-3-7-27-20)23(29-21)31-8-1-2-13-38(31,35)36;;/h3-7,14,32,35-36H,1-2,8-13,15H2,(H,28,33);;/q;+1;-1. The van der Waals surface area contributed by atoms with Crippen LogP contribution < -0.4 is 39.2 Å². The van der Waals surface area contributed by atoms with Gasteiger partial charge in [-0.15, -0.1) is 10.8 Å². The van der Waals surface area contributed by atoms with Crippen molar-refractivity contribution in [2.24, 2.45) is 0 Å². The Morgan fingerprint density at radius 3 is 2.67 bits per heavy atom. The number of carbonyl (C=O) groups excluding carboxylic acids is 2. The number of fused-ring (bicyclic) bond motifs is 1. The van der Waals surface area contributed by atoms with Crippen molar-refractivity contribution in [1.82, 2.24) is 20.2 Å². The molecule has 11 nitrogen and oxygen atoms in total. The summed E-state index contributed by atoms with van der Waals surface area (Å²) in [6.07, 6.45) is 2.79. The zero-order valence-electron chi connectivity index (χ0n) is 22.5. The second kappa shape index (κ2) is 12.3. The number of nitrogens with one attached hydrogen (secondary N) is 1. The van der Waals surface area contributed by atoms with E-state index in [1.165, 1.54) is 22.6 Å². The van der Waals surface area contributed by atoms with E-state index < -0.39 is 28.2 Å². The number of rotatable bonds is 5. The first-order valence-electron chi connectivity index (χ1n) is 12.2. The molecule has 2 aromatic heterocycles. The summed E-state index contributed by atoms with van der Waals surface area (Å²) in [5.41, 5.74) is 0.246. The number of carbonyl (C=O) groups is 2. The number of hydrogen-bond acceptors (Lipinski definition) is 9. The zero-order valence-corrected chi connectivity index (χ0v) is 24.3. The van der Waals surface area contributed by atoms with E-state index >= 15 is 0 Å². The molecule has 2 amide bonds. The molecule has 3 aromatic rings. The van der Waals surface area contributed by atoms with Crippen LogP contribution in [0.4, 0.5) is 10.2 Å². The molecule has 14 heteroatoms. The van der Waals surface area contributed by atoms with Crippen molar-refractivity contribution < 1.29 is 63.9 Å². The number of nitrogens with zero attached hydrogens (tertiary/aromatic N) is 4. The Morgan fingerprint density at radius 1 is 1.15 bits per heavy atom. The second-order valence-electron chi connectivity index (χ2n) is 9.07. The van der Waals surface area contributed by atoms with Crippen LogP contribution in [0.5, 0.6) is 5.75 Å². The fraction of sp³-hybridized carbons (Fsp3) is 0.360. The molecule has 0 unspecified atom stereocenters. The molecule has 0 saturated carbocycles. The predicted molar refractivity (Wildman–Crippen MR) is 141 cm³/mol. The molecule has 4 heterocycles. The van der Waals surface area contributed by atoms with Gasteiger partial charge in [0.2, 0.25) is 0 Å². The van der Waals surface area contributed by atoms with Gasteiger partial charge in [-0.05, 0) is 42.7 Å². The Balaban J connectivity index is 0.00000220. The third kappa shape index (κ3) is 6.14. The third-order valence-corrected chi connectivity index (χ3v) is 8.49. The topological polar surface area (TPSA) is 148 Å². The van der Waals surface area contributed by atoms with Gasteiger partial charge in [0.05, 0.1) is 19.0 Å². The number of halogens is 1. The molecule has 0 atom stereocenters. The number of anilines is 1. The van der Waals surface area contributed by atoms with E-state index in [1.54, 1.807) is 17.0 Å². The summed E-state index contributed by atoms with van der Waals surface area (Å²) in [6.45, 7) is 1.70. The van der Waals surface area contributed by atoms with Gasteiger partial charge in [0.1, 0.15) is 11.3 Å². The van der Waals surface area contributed by atoms with E-state index in [0.717, 1.165) is 6.07 Å². The van der Waals surface area contributed by atoms with Gasteiger partial charge in [-0.3, -0.25) is 28.0 Å². The average molecular weight is 570 g/mol. The molecule has 4 N–H and O–H groups in total. The summed E-state index contributed by atoms with van der Waals surface area (Å²) in [7, 11) is -3.17. The molecular weight excluding hydrogens is 540 g/mol. The van der Waals surface area contributed by atoms with Crippen molar-refractivity contribution in [2.75, 3.05) is 42.9 Å².